The lowest BCUT2D eigenvalue weighted by atomic mass is 9.91. The Morgan fingerprint density at radius 1 is 0.411 bits per heavy atom. The first kappa shape index (κ1) is 36.4. The summed E-state index contributed by atoms with van der Waals surface area (Å²) >= 11 is 0. The first-order chi connectivity index (χ1) is 26.5. The van der Waals surface area contributed by atoms with Crippen LogP contribution in [-0.4, -0.2) is 21.9 Å². The highest BCUT2D eigenvalue weighted by Gasteiger charge is 2.36. The third-order valence-corrected chi connectivity index (χ3v) is 9.08. The number of nitrogens with one attached hydrogen (secondary N) is 2. The van der Waals surface area contributed by atoms with Gasteiger partial charge in [-0.15, -0.1) is 0 Å². The Morgan fingerprint density at radius 3 is 1.32 bits per heavy atom. The zero-order valence-electron chi connectivity index (χ0n) is 26.8. The number of aliphatic imine (C=N–C) groups is 2. The van der Waals surface area contributed by atoms with E-state index in [2.05, 4.69) is 20.0 Å². The molecule has 0 spiro atoms. The molecule has 0 saturated carbocycles. The van der Waals surface area contributed by atoms with Gasteiger partial charge in [-0.1, -0.05) is 0 Å². The standard InChI is InChI=1S/C37H11F15N4/c38-23-20(24(39)30(45)35(50)29(23)44)17-9-7-16(53-8-9)19(22-27(42)33(48)37(52)34(49)28(22)43)15-6-5-14(56-15)18(21-25(40)31(46)36(51)32(47)26(21)41)13-4-2-11(55-13)10-1-3-12(17)54-10/h1-6,8,55-56H,7H2. The monoisotopic (exact) mass is 796 g/mol. The van der Waals surface area contributed by atoms with E-state index >= 15 is 26.3 Å². The van der Waals surface area contributed by atoms with Crippen LogP contribution in [0.25, 0.3) is 22.4 Å². The maximum Gasteiger partial charge on any atom is 0.200 e. The summed E-state index contributed by atoms with van der Waals surface area (Å²) < 4.78 is 223. The Bertz CT molecular complexity index is 2860. The van der Waals surface area contributed by atoms with Crippen LogP contribution < -0.4 is 10.7 Å². The van der Waals surface area contributed by atoms with Gasteiger partial charge in [0.2, 0.25) is 17.5 Å². The van der Waals surface area contributed by atoms with E-state index < -0.39 is 161 Å². The minimum atomic E-state index is -2.59. The van der Waals surface area contributed by atoms with Gasteiger partial charge >= 0.3 is 0 Å². The fourth-order valence-electron chi connectivity index (χ4n) is 6.54. The predicted octanol–water partition coefficient (Wildman–Crippen LogP) is 8.50. The topological polar surface area (TPSA) is 56.3 Å². The average Bonchev–Trinajstić information content (AvgIpc) is 4.03. The second-order valence-electron chi connectivity index (χ2n) is 12.2. The molecule has 2 N–H and O–H groups in total. The predicted molar refractivity (Wildman–Crippen MR) is 167 cm³/mol. The van der Waals surface area contributed by atoms with Crippen LogP contribution in [0.15, 0.2) is 57.7 Å². The van der Waals surface area contributed by atoms with Crippen molar-refractivity contribution in [3.63, 3.8) is 0 Å². The highest BCUT2D eigenvalue weighted by molar-refractivity contribution is 6.35. The van der Waals surface area contributed by atoms with Gasteiger partial charge < -0.3 is 9.97 Å². The molecule has 5 heterocycles. The molecule has 19 heteroatoms. The number of hydrogen-bond acceptors (Lipinski definition) is 2. The lowest BCUT2D eigenvalue weighted by Crippen LogP contribution is -2.18. The fraction of sp³-hybridized carbons (Fsp3) is 0.0270. The van der Waals surface area contributed by atoms with Crippen LogP contribution in [0.3, 0.4) is 0 Å². The molecular weight excluding hydrogens is 785 g/mol. The average molecular weight is 796 g/mol. The Morgan fingerprint density at radius 2 is 0.821 bits per heavy atom. The molecule has 5 aromatic rings. The van der Waals surface area contributed by atoms with Gasteiger partial charge in [0.1, 0.15) is 0 Å². The normalized spacial score (nSPS) is 15.1. The molecule has 0 aliphatic carbocycles. The summed E-state index contributed by atoms with van der Waals surface area (Å²) in [6.07, 6.45) is 1.99. The quantitative estimate of drug-likeness (QED) is 0.105. The summed E-state index contributed by atoms with van der Waals surface area (Å²) in [4.78, 5) is 13.2. The maximum atomic E-state index is 15.6. The van der Waals surface area contributed by atoms with E-state index in [-0.39, 0.29) is 11.0 Å². The molecule has 3 aliphatic rings. The second-order valence-corrected chi connectivity index (χ2v) is 12.2. The minimum absolute atomic E-state index is 0.114. The Kier molecular flexibility index (Phi) is 8.31. The molecule has 0 amide bonds. The van der Waals surface area contributed by atoms with E-state index in [0.29, 0.717) is 0 Å². The number of fused-ring (bicyclic) bond motifs is 7. The SMILES string of the molecule is Fc1c(F)c(F)c(C2=C3C=NC(=C(c4c(F)c(F)c(F)c(F)c4F)c4ccc([nH]4)C(c4c(F)c(F)c(F)c(F)c4F)=c4ccc([nH]4)=C4C=CC2=N4)C3)c(F)c1F. The van der Waals surface area contributed by atoms with Crippen molar-refractivity contribution in [1.82, 2.24) is 9.97 Å². The van der Waals surface area contributed by atoms with Gasteiger partial charge in [0.15, 0.2) is 69.8 Å². The molecule has 56 heavy (non-hydrogen) atoms. The van der Waals surface area contributed by atoms with Gasteiger partial charge in [-0.05, 0) is 42.0 Å². The zero-order chi connectivity index (χ0) is 40.2. The number of halogens is 15. The van der Waals surface area contributed by atoms with Crippen molar-refractivity contribution in [3.8, 4) is 0 Å². The van der Waals surface area contributed by atoms with Crippen molar-refractivity contribution in [2.45, 2.75) is 6.42 Å². The smallest absolute Gasteiger partial charge is 0.200 e. The van der Waals surface area contributed by atoms with Crippen molar-refractivity contribution < 1.29 is 65.9 Å². The summed E-state index contributed by atoms with van der Waals surface area (Å²) in [5, 5.41) is -0.559. The van der Waals surface area contributed by atoms with Crippen LogP contribution in [0.2, 0.25) is 0 Å². The van der Waals surface area contributed by atoms with Crippen LogP contribution in [-0.2, 0) is 0 Å². The fourth-order valence-corrected chi connectivity index (χ4v) is 6.54. The van der Waals surface area contributed by atoms with Crippen molar-refractivity contribution in [3.05, 3.63) is 174 Å². The summed E-state index contributed by atoms with van der Waals surface area (Å²) in [5.41, 5.74) is -10.6. The molecule has 0 unspecified atom stereocenters. The number of benzene rings is 3. The molecule has 8 bridgehead atoms. The zero-order valence-corrected chi connectivity index (χ0v) is 26.8. The summed E-state index contributed by atoms with van der Waals surface area (Å²) in [7, 11) is 0. The van der Waals surface area contributed by atoms with E-state index in [1.54, 1.807) is 0 Å². The van der Waals surface area contributed by atoms with Crippen molar-refractivity contribution in [1.29, 1.82) is 0 Å². The van der Waals surface area contributed by atoms with Crippen LogP contribution in [0.1, 0.15) is 34.5 Å². The molecular formula is C37H11F15N4. The van der Waals surface area contributed by atoms with Crippen LogP contribution in [0.5, 0.6) is 0 Å². The highest BCUT2D eigenvalue weighted by atomic mass is 19.2. The molecule has 2 aromatic heterocycles. The highest BCUT2D eigenvalue weighted by Crippen LogP contribution is 2.42. The van der Waals surface area contributed by atoms with Crippen LogP contribution >= 0.6 is 0 Å². The van der Waals surface area contributed by atoms with E-state index in [9.17, 15) is 39.5 Å². The van der Waals surface area contributed by atoms with Crippen molar-refractivity contribution in [2.75, 3.05) is 0 Å². The Balaban J connectivity index is 1.55. The molecule has 0 atom stereocenters. The van der Waals surface area contributed by atoms with E-state index in [0.717, 1.165) is 42.6 Å². The molecule has 3 aromatic carbocycles. The molecule has 0 saturated heterocycles. The summed E-state index contributed by atoms with van der Waals surface area (Å²) in [6.45, 7) is 0. The molecule has 3 aliphatic heterocycles. The summed E-state index contributed by atoms with van der Waals surface area (Å²) in [6, 6.07) is 3.94. The van der Waals surface area contributed by atoms with E-state index in [4.69, 9.17) is 0 Å². The molecule has 0 fully saturated rings. The van der Waals surface area contributed by atoms with E-state index in [1.165, 1.54) is 0 Å². The molecule has 284 valence electrons. The largest absolute Gasteiger partial charge is 0.354 e. The van der Waals surface area contributed by atoms with Crippen LogP contribution in [0, 0.1) is 87.3 Å². The number of aromatic amines is 2. The van der Waals surface area contributed by atoms with Gasteiger partial charge in [0.05, 0.1) is 39.1 Å². The third-order valence-electron chi connectivity index (χ3n) is 9.08. The van der Waals surface area contributed by atoms with Gasteiger partial charge in [0.25, 0.3) is 0 Å². The Hall–Kier alpha value is -6.53. The van der Waals surface area contributed by atoms with Gasteiger partial charge in [-0.25, -0.2) is 70.8 Å². The number of aromatic nitrogens is 2. The van der Waals surface area contributed by atoms with Crippen molar-refractivity contribution in [2.24, 2.45) is 9.98 Å². The Labute approximate surface area is 300 Å². The van der Waals surface area contributed by atoms with Gasteiger partial charge in [-0.2, -0.15) is 0 Å². The number of nitrogens with zero attached hydrogens (tertiary/aromatic N) is 2. The molecule has 0 radical (unpaired) electrons. The van der Waals surface area contributed by atoms with Gasteiger partial charge in [-0.3, -0.25) is 4.99 Å². The molecule has 4 nitrogen and oxygen atoms in total. The third kappa shape index (κ3) is 5.12. The van der Waals surface area contributed by atoms with Crippen molar-refractivity contribution >= 4 is 34.3 Å². The summed E-state index contributed by atoms with van der Waals surface area (Å²) in [5.74, 6) is -36.4. The number of rotatable bonds is 3. The number of allylic oxidation sites excluding steroid dienone is 3. The first-order valence-corrected chi connectivity index (χ1v) is 15.5. The lowest BCUT2D eigenvalue weighted by molar-refractivity contribution is 0.376. The number of hydrogen-bond donors (Lipinski definition) is 2. The van der Waals surface area contributed by atoms with Crippen LogP contribution in [0.4, 0.5) is 65.9 Å². The second kappa shape index (κ2) is 12.8. The first-order valence-electron chi connectivity index (χ1n) is 15.5. The van der Waals surface area contributed by atoms with Gasteiger partial charge in [0, 0.05) is 46.1 Å². The number of H-pyrrole nitrogens is 2. The maximum absolute atomic E-state index is 15.6. The van der Waals surface area contributed by atoms with E-state index in [1.807, 2.05) is 0 Å². The molecule has 8 rings (SSSR count). The lowest BCUT2D eigenvalue weighted by Gasteiger charge is -2.15. The minimum Gasteiger partial charge on any atom is -0.354 e.